The van der Waals surface area contributed by atoms with Gasteiger partial charge in [0, 0.05) is 30.1 Å². The van der Waals surface area contributed by atoms with Crippen LogP contribution in [0.25, 0.3) is 5.65 Å². The van der Waals surface area contributed by atoms with E-state index in [0.717, 1.165) is 47.7 Å². The Labute approximate surface area is 176 Å². The van der Waals surface area contributed by atoms with Crippen LogP contribution in [0.4, 0.5) is 13.2 Å². The van der Waals surface area contributed by atoms with Crippen LogP contribution in [0.1, 0.15) is 63.6 Å². The van der Waals surface area contributed by atoms with E-state index in [4.69, 9.17) is 0 Å². The van der Waals surface area contributed by atoms with E-state index in [1.807, 2.05) is 13.0 Å². The number of thiophene rings is 1. The number of fused-ring (bicyclic) bond motifs is 1. The molecule has 3 aromatic rings. The summed E-state index contributed by atoms with van der Waals surface area (Å²) in [4.78, 5) is 16.8. The first kappa shape index (κ1) is 20.8. The van der Waals surface area contributed by atoms with Crippen molar-refractivity contribution >= 4 is 22.9 Å². The summed E-state index contributed by atoms with van der Waals surface area (Å²) in [6.07, 6.45) is 0.118. The van der Waals surface area contributed by atoms with Gasteiger partial charge in [-0.15, -0.1) is 21.5 Å². The molecule has 30 heavy (non-hydrogen) atoms. The number of hydrogen-bond acceptors (Lipinski definition) is 4. The molecule has 1 amide bonds. The number of aromatic nitrogens is 3. The van der Waals surface area contributed by atoms with Gasteiger partial charge in [0.05, 0.1) is 10.4 Å². The first-order chi connectivity index (χ1) is 14.3. The summed E-state index contributed by atoms with van der Waals surface area (Å²) in [5.41, 5.74) is 0.847. The number of likely N-dealkylation sites (tertiary alicyclic amines) is 1. The van der Waals surface area contributed by atoms with Gasteiger partial charge in [0.15, 0.2) is 5.65 Å². The fourth-order valence-electron chi connectivity index (χ4n) is 4.03. The van der Waals surface area contributed by atoms with E-state index in [0.29, 0.717) is 24.6 Å². The van der Waals surface area contributed by atoms with E-state index in [1.54, 1.807) is 4.90 Å². The number of halogens is 3. The van der Waals surface area contributed by atoms with Crippen molar-refractivity contribution in [1.82, 2.24) is 19.5 Å². The van der Waals surface area contributed by atoms with Crippen molar-refractivity contribution in [2.24, 2.45) is 0 Å². The maximum absolute atomic E-state index is 13.1. The Morgan fingerprint density at radius 1 is 1.30 bits per heavy atom. The number of amides is 1. The van der Waals surface area contributed by atoms with Gasteiger partial charge >= 0.3 is 6.18 Å². The van der Waals surface area contributed by atoms with Gasteiger partial charge in [-0.05, 0) is 49.9 Å². The zero-order valence-corrected chi connectivity index (χ0v) is 17.7. The zero-order chi connectivity index (χ0) is 21.5. The van der Waals surface area contributed by atoms with Crippen molar-refractivity contribution in [3.8, 4) is 0 Å². The van der Waals surface area contributed by atoms with E-state index in [2.05, 4.69) is 17.1 Å². The van der Waals surface area contributed by atoms with Crippen LogP contribution in [0.3, 0.4) is 0 Å². The molecule has 5 nitrogen and oxygen atoms in total. The lowest BCUT2D eigenvalue weighted by atomic mass is 9.97. The SMILES string of the molecule is CCCc1cc(C(=O)N2CCCC(c3nnc4ccc(C(F)(F)F)cn34)C2)sc1C. The number of aryl methyl sites for hydroxylation is 2. The van der Waals surface area contributed by atoms with Crippen LogP contribution in [0, 0.1) is 6.92 Å². The Bertz CT molecular complexity index is 1070. The Balaban J connectivity index is 1.58. The quantitative estimate of drug-likeness (QED) is 0.572. The van der Waals surface area contributed by atoms with Crippen molar-refractivity contribution in [3.63, 3.8) is 0 Å². The average Bonchev–Trinajstić information content (AvgIpc) is 3.30. The minimum absolute atomic E-state index is 0.0139. The van der Waals surface area contributed by atoms with E-state index >= 15 is 0 Å². The van der Waals surface area contributed by atoms with Crippen LogP contribution in [0.15, 0.2) is 24.4 Å². The number of alkyl halides is 3. The number of hydrogen-bond donors (Lipinski definition) is 0. The number of carbonyl (C=O) groups excluding carboxylic acids is 1. The molecule has 160 valence electrons. The molecule has 3 aromatic heterocycles. The molecule has 0 aromatic carbocycles. The third-order valence-corrected chi connectivity index (χ3v) is 6.66. The molecule has 4 rings (SSSR count). The molecule has 1 aliphatic heterocycles. The van der Waals surface area contributed by atoms with Crippen LogP contribution < -0.4 is 0 Å². The predicted molar refractivity (Wildman–Crippen MR) is 109 cm³/mol. The van der Waals surface area contributed by atoms with Gasteiger partial charge in [0.25, 0.3) is 5.91 Å². The minimum Gasteiger partial charge on any atom is -0.337 e. The van der Waals surface area contributed by atoms with Gasteiger partial charge < -0.3 is 4.90 Å². The summed E-state index contributed by atoms with van der Waals surface area (Å²) in [5.74, 6) is 0.306. The van der Waals surface area contributed by atoms with Crippen molar-refractivity contribution in [2.45, 2.75) is 51.6 Å². The largest absolute Gasteiger partial charge is 0.417 e. The van der Waals surface area contributed by atoms with Crippen LogP contribution in [0.5, 0.6) is 0 Å². The topological polar surface area (TPSA) is 50.5 Å². The Hall–Kier alpha value is -2.42. The summed E-state index contributed by atoms with van der Waals surface area (Å²) < 4.78 is 40.8. The van der Waals surface area contributed by atoms with Gasteiger partial charge in [-0.3, -0.25) is 9.20 Å². The number of carbonyl (C=O) groups is 1. The molecule has 1 atom stereocenters. The highest BCUT2D eigenvalue weighted by Crippen LogP contribution is 2.32. The molecule has 1 aliphatic rings. The zero-order valence-electron chi connectivity index (χ0n) is 16.9. The number of pyridine rings is 1. The van der Waals surface area contributed by atoms with E-state index in [-0.39, 0.29) is 11.8 Å². The molecular formula is C21H23F3N4OS. The van der Waals surface area contributed by atoms with Gasteiger partial charge in [0.1, 0.15) is 5.82 Å². The lowest BCUT2D eigenvalue weighted by Gasteiger charge is -2.31. The van der Waals surface area contributed by atoms with Gasteiger partial charge in [-0.25, -0.2) is 0 Å². The van der Waals surface area contributed by atoms with E-state index < -0.39 is 11.7 Å². The van der Waals surface area contributed by atoms with Crippen LogP contribution in [-0.2, 0) is 12.6 Å². The van der Waals surface area contributed by atoms with E-state index in [9.17, 15) is 18.0 Å². The first-order valence-electron chi connectivity index (χ1n) is 10.1. The molecule has 0 bridgehead atoms. The second-order valence-electron chi connectivity index (χ2n) is 7.73. The highest BCUT2D eigenvalue weighted by molar-refractivity contribution is 7.14. The molecular weight excluding hydrogens is 413 g/mol. The molecule has 0 spiro atoms. The highest BCUT2D eigenvalue weighted by Gasteiger charge is 2.33. The lowest BCUT2D eigenvalue weighted by molar-refractivity contribution is -0.137. The smallest absolute Gasteiger partial charge is 0.337 e. The number of nitrogens with zero attached hydrogens (tertiary/aromatic N) is 4. The lowest BCUT2D eigenvalue weighted by Crippen LogP contribution is -2.39. The summed E-state index contributed by atoms with van der Waals surface area (Å²) in [7, 11) is 0. The minimum atomic E-state index is -4.43. The molecule has 0 radical (unpaired) electrons. The number of rotatable bonds is 4. The Morgan fingerprint density at radius 2 is 2.10 bits per heavy atom. The van der Waals surface area contributed by atoms with Gasteiger partial charge in [-0.2, -0.15) is 13.2 Å². The van der Waals surface area contributed by atoms with Crippen molar-refractivity contribution in [1.29, 1.82) is 0 Å². The summed E-state index contributed by atoms with van der Waals surface area (Å²) in [6.45, 7) is 5.21. The van der Waals surface area contributed by atoms with Gasteiger partial charge in [0.2, 0.25) is 0 Å². The van der Waals surface area contributed by atoms with Crippen molar-refractivity contribution < 1.29 is 18.0 Å². The number of piperidine rings is 1. The van der Waals surface area contributed by atoms with Crippen LogP contribution in [0.2, 0.25) is 0 Å². The first-order valence-corrected chi connectivity index (χ1v) is 10.9. The predicted octanol–water partition coefficient (Wildman–Crippen LogP) is 5.09. The highest BCUT2D eigenvalue weighted by atomic mass is 32.1. The fraction of sp³-hybridized carbons (Fsp3) is 0.476. The van der Waals surface area contributed by atoms with Crippen molar-refractivity contribution in [2.75, 3.05) is 13.1 Å². The second kappa shape index (κ2) is 8.02. The molecule has 0 N–H and O–H groups in total. The molecule has 0 saturated carbocycles. The monoisotopic (exact) mass is 436 g/mol. The molecule has 1 saturated heterocycles. The maximum Gasteiger partial charge on any atom is 0.417 e. The van der Waals surface area contributed by atoms with Crippen LogP contribution >= 0.6 is 11.3 Å². The third kappa shape index (κ3) is 3.95. The van der Waals surface area contributed by atoms with Gasteiger partial charge in [-0.1, -0.05) is 13.3 Å². The van der Waals surface area contributed by atoms with Crippen LogP contribution in [-0.4, -0.2) is 38.5 Å². The average molecular weight is 437 g/mol. The summed E-state index contributed by atoms with van der Waals surface area (Å²) >= 11 is 1.51. The second-order valence-corrected chi connectivity index (χ2v) is 8.99. The third-order valence-electron chi connectivity index (χ3n) is 5.58. The van der Waals surface area contributed by atoms with Crippen molar-refractivity contribution in [3.05, 3.63) is 51.1 Å². The molecule has 9 heteroatoms. The molecule has 4 heterocycles. The molecule has 1 unspecified atom stereocenters. The summed E-state index contributed by atoms with van der Waals surface area (Å²) in [5, 5.41) is 8.19. The standard InChI is InChI=1S/C21H23F3N4OS/c1-3-5-14-10-17(30-13(14)2)20(29)27-9-4-6-15(11-27)19-26-25-18-8-7-16(12-28(18)19)21(22,23)24/h7-8,10,12,15H,3-6,9,11H2,1-2H3. The fourth-order valence-corrected chi connectivity index (χ4v) is 5.07. The Morgan fingerprint density at radius 3 is 2.83 bits per heavy atom. The maximum atomic E-state index is 13.1. The molecule has 1 fully saturated rings. The summed E-state index contributed by atoms with van der Waals surface area (Å²) in [6, 6.07) is 4.32. The van der Waals surface area contributed by atoms with E-state index in [1.165, 1.54) is 27.4 Å². The normalized spacial score (nSPS) is 17.6. The Kier molecular flexibility index (Phi) is 5.57. The molecule has 0 aliphatic carbocycles.